The number of para-hydroxylation sites is 1. The quantitative estimate of drug-likeness (QED) is 0.777. The number of hydrogen-bond donors (Lipinski definition) is 2. The van der Waals surface area contributed by atoms with Gasteiger partial charge in [-0.25, -0.2) is 4.98 Å². The van der Waals surface area contributed by atoms with Crippen molar-refractivity contribution in [2.24, 2.45) is 0 Å². The summed E-state index contributed by atoms with van der Waals surface area (Å²) < 4.78 is 1.06. The van der Waals surface area contributed by atoms with E-state index in [2.05, 4.69) is 10.4 Å². The van der Waals surface area contributed by atoms with Crippen molar-refractivity contribution in [1.29, 1.82) is 0 Å². The average molecular weight is 291 g/mol. The fourth-order valence-electron chi connectivity index (χ4n) is 1.95. The summed E-state index contributed by atoms with van der Waals surface area (Å²) in [5.41, 5.74) is 2.53. The smallest absolute Gasteiger partial charge is 0.305 e. The van der Waals surface area contributed by atoms with Crippen LogP contribution in [-0.2, 0) is 9.59 Å². The fourth-order valence-corrected chi connectivity index (χ4v) is 2.97. The normalized spacial score (nSPS) is 17.6. The molecule has 0 radical (unpaired) electrons. The van der Waals surface area contributed by atoms with Crippen LogP contribution >= 0.6 is 11.8 Å². The molecule has 1 aliphatic heterocycles. The van der Waals surface area contributed by atoms with E-state index in [4.69, 9.17) is 5.11 Å². The highest BCUT2D eigenvalue weighted by Crippen LogP contribution is 2.27. The van der Waals surface area contributed by atoms with Crippen molar-refractivity contribution in [2.75, 3.05) is 5.43 Å². The van der Waals surface area contributed by atoms with Crippen LogP contribution in [0.4, 0.5) is 0 Å². The van der Waals surface area contributed by atoms with Crippen molar-refractivity contribution in [3.8, 4) is 0 Å². The van der Waals surface area contributed by atoms with E-state index in [9.17, 15) is 14.4 Å². The number of rotatable bonds is 2. The highest BCUT2D eigenvalue weighted by Gasteiger charge is 2.31. The van der Waals surface area contributed by atoms with Crippen molar-refractivity contribution in [3.05, 3.63) is 34.6 Å². The Balaban J connectivity index is 2.12. The molecule has 8 heteroatoms. The van der Waals surface area contributed by atoms with Crippen molar-refractivity contribution in [2.45, 2.75) is 16.8 Å². The van der Waals surface area contributed by atoms with Gasteiger partial charge in [0, 0.05) is 0 Å². The van der Waals surface area contributed by atoms with Crippen LogP contribution < -0.4 is 11.0 Å². The molecule has 0 spiro atoms. The summed E-state index contributed by atoms with van der Waals surface area (Å²) >= 11 is 0.981. The van der Waals surface area contributed by atoms with Gasteiger partial charge in [0.05, 0.1) is 17.3 Å². The van der Waals surface area contributed by atoms with Gasteiger partial charge < -0.3 is 5.11 Å². The van der Waals surface area contributed by atoms with Crippen LogP contribution in [0.5, 0.6) is 0 Å². The zero-order chi connectivity index (χ0) is 14.3. The second-order valence-electron chi connectivity index (χ2n) is 4.23. The summed E-state index contributed by atoms with van der Waals surface area (Å²) in [4.78, 5) is 39.0. The number of carboxylic acid groups (broad SMARTS) is 1. The van der Waals surface area contributed by atoms with Crippen molar-refractivity contribution < 1.29 is 14.7 Å². The minimum absolute atomic E-state index is 0.291. The number of benzene rings is 1. The van der Waals surface area contributed by atoms with E-state index in [-0.39, 0.29) is 12.0 Å². The summed E-state index contributed by atoms with van der Waals surface area (Å²) in [6, 6.07) is 6.79. The first-order valence-electron chi connectivity index (χ1n) is 5.77. The molecule has 1 aliphatic rings. The molecule has 0 saturated carbocycles. The minimum Gasteiger partial charge on any atom is -0.481 e. The zero-order valence-corrected chi connectivity index (χ0v) is 10.9. The van der Waals surface area contributed by atoms with Crippen LogP contribution in [0.25, 0.3) is 10.9 Å². The largest absolute Gasteiger partial charge is 0.481 e. The van der Waals surface area contributed by atoms with Gasteiger partial charge in [-0.05, 0) is 12.1 Å². The molecule has 0 fully saturated rings. The van der Waals surface area contributed by atoms with E-state index in [1.165, 1.54) is 0 Å². The summed E-state index contributed by atoms with van der Waals surface area (Å²) in [6.45, 7) is 0. The van der Waals surface area contributed by atoms with Crippen LogP contribution in [0, 0.1) is 0 Å². The van der Waals surface area contributed by atoms with Gasteiger partial charge in [0.25, 0.3) is 11.5 Å². The number of hydrogen-bond acceptors (Lipinski definition) is 5. The molecular formula is C12H9N3O4S. The maximum atomic E-state index is 12.2. The van der Waals surface area contributed by atoms with Crippen LogP contribution in [0.3, 0.4) is 0 Å². The molecule has 2 heterocycles. The lowest BCUT2D eigenvalue weighted by molar-refractivity contribution is -0.138. The standard InChI is InChI=1S/C12H9N3O4S/c16-9(17)5-8-10(18)14-15-11(19)6-3-1-2-4-7(6)13-12(15)20-8/h1-4,8H,5H2,(H,14,18)(H,16,17). The lowest BCUT2D eigenvalue weighted by Gasteiger charge is -2.23. The van der Waals surface area contributed by atoms with E-state index < -0.39 is 17.1 Å². The van der Waals surface area contributed by atoms with E-state index in [0.717, 1.165) is 16.4 Å². The molecule has 3 rings (SSSR count). The van der Waals surface area contributed by atoms with Crippen LogP contribution in [0.2, 0.25) is 0 Å². The molecule has 1 amide bonds. The van der Waals surface area contributed by atoms with Crippen LogP contribution in [0.15, 0.2) is 34.2 Å². The Hall–Kier alpha value is -2.35. The van der Waals surface area contributed by atoms with Crippen LogP contribution in [0.1, 0.15) is 6.42 Å². The predicted octanol–water partition coefficient (Wildman–Crippen LogP) is 0.416. The van der Waals surface area contributed by atoms with Gasteiger partial charge in [-0.15, -0.1) is 0 Å². The van der Waals surface area contributed by atoms with Gasteiger partial charge in [-0.2, -0.15) is 4.68 Å². The first kappa shape index (κ1) is 12.7. The highest BCUT2D eigenvalue weighted by atomic mass is 32.2. The van der Waals surface area contributed by atoms with Crippen molar-refractivity contribution in [3.63, 3.8) is 0 Å². The van der Waals surface area contributed by atoms with Gasteiger partial charge in [0.15, 0.2) is 5.16 Å². The number of carbonyl (C=O) groups is 2. The fraction of sp³-hybridized carbons (Fsp3) is 0.167. The number of aliphatic carboxylic acids is 1. The number of carbonyl (C=O) groups excluding carboxylic acids is 1. The summed E-state index contributed by atoms with van der Waals surface area (Å²) in [6.07, 6.45) is -0.320. The molecule has 1 aromatic heterocycles. The Kier molecular flexibility index (Phi) is 2.94. The topological polar surface area (TPSA) is 101 Å². The minimum atomic E-state index is -1.07. The maximum absolute atomic E-state index is 12.2. The molecular weight excluding hydrogens is 282 g/mol. The number of amides is 1. The molecule has 1 atom stereocenters. The van der Waals surface area contributed by atoms with E-state index in [1.54, 1.807) is 24.3 Å². The van der Waals surface area contributed by atoms with Crippen molar-refractivity contribution >= 4 is 34.5 Å². The molecule has 0 aliphatic carbocycles. The average Bonchev–Trinajstić information content (AvgIpc) is 2.41. The summed E-state index contributed by atoms with van der Waals surface area (Å²) in [5, 5.41) is 8.67. The zero-order valence-electron chi connectivity index (χ0n) is 10.1. The molecule has 1 unspecified atom stereocenters. The SMILES string of the molecule is O=C(O)CC1Sc2nc3ccccc3c(=O)n2NC1=O. The maximum Gasteiger partial charge on any atom is 0.305 e. The first-order valence-corrected chi connectivity index (χ1v) is 6.65. The Morgan fingerprint density at radius 1 is 1.40 bits per heavy atom. The second-order valence-corrected chi connectivity index (χ2v) is 5.40. The van der Waals surface area contributed by atoms with Gasteiger partial charge in [0.2, 0.25) is 0 Å². The Morgan fingerprint density at radius 2 is 2.15 bits per heavy atom. The number of fused-ring (bicyclic) bond motifs is 2. The highest BCUT2D eigenvalue weighted by molar-refractivity contribution is 8.00. The second kappa shape index (κ2) is 4.64. The van der Waals surface area contributed by atoms with Gasteiger partial charge in [0.1, 0.15) is 5.25 Å². The summed E-state index contributed by atoms with van der Waals surface area (Å²) in [7, 11) is 0. The van der Waals surface area contributed by atoms with Crippen molar-refractivity contribution in [1.82, 2.24) is 9.66 Å². The molecule has 2 aromatic rings. The first-order chi connectivity index (χ1) is 9.56. The molecule has 0 bridgehead atoms. The van der Waals surface area contributed by atoms with E-state index in [1.807, 2.05) is 0 Å². The number of carboxylic acids is 1. The number of nitrogens with zero attached hydrogens (tertiary/aromatic N) is 2. The van der Waals surface area contributed by atoms with Gasteiger partial charge >= 0.3 is 5.97 Å². The number of thioether (sulfide) groups is 1. The van der Waals surface area contributed by atoms with E-state index >= 15 is 0 Å². The molecule has 7 nitrogen and oxygen atoms in total. The Labute approximate surface area is 116 Å². The third-order valence-electron chi connectivity index (χ3n) is 2.87. The molecule has 1 aromatic carbocycles. The lowest BCUT2D eigenvalue weighted by atomic mass is 10.2. The third-order valence-corrected chi connectivity index (χ3v) is 4.02. The molecule has 102 valence electrons. The molecule has 0 saturated heterocycles. The lowest BCUT2D eigenvalue weighted by Crippen LogP contribution is -2.43. The molecule has 2 N–H and O–H groups in total. The number of aromatic nitrogens is 2. The third kappa shape index (κ3) is 2.03. The Morgan fingerprint density at radius 3 is 2.90 bits per heavy atom. The summed E-state index contributed by atoms with van der Waals surface area (Å²) in [5.74, 6) is -1.58. The predicted molar refractivity (Wildman–Crippen MR) is 72.3 cm³/mol. The van der Waals surface area contributed by atoms with Crippen LogP contribution in [-0.4, -0.2) is 31.9 Å². The number of nitrogens with one attached hydrogen (secondary N) is 1. The van der Waals surface area contributed by atoms with Gasteiger partial charge in [-0.3, -0.25) is 19.8 Å². The van der Waals surface area contributed by atoms with E-state index in [0.29, 0.717) is 16.1 Å². The van der Waals surface area contributed by atoms with Gasteiger partial charge in [-0.1, -0.05) is 23.9 Å². The monoisotopic (exact) mass is 291 g/mol. The Bertz CT molecular complexity index is 786. The molecule has 20 heavy (non-hydrogen) atoms.